The highest BCUT2D eigenvalue weighted by Crippen LogP contribution is 2.32. The summed E-state index contributed by atoms with van der Waals surface area (Å²) < 4.78 is 26.5. The number of ether oxygens (including phenoxy) is 5. The smallest absolute Gasteiger partial charge is 0.187 e. The molecular weight excluding hydrogens is 472 g/mol. The Kier molecular flexibility index (Phi) is 9.54. The third kappa shape index (κ3) is 5.37. The highest BCUT2D eigenvalue weighted by molar-refractivity contribution is 4.96. The Bertz CT molecular complexity index is 637. The van der Waals surface area contributed by atoms with Gasteiger partial charge in [-0.1, -0.05) is 0 Å². The van der Waals surface area contributed by atoms with E-state index >= 15 is 0 Å². The van der Waals surface area contributed by atoms with E-state index in [4.69, 9.17) is 23.7 Å². The number of rotatable bonds is 7. The molecule has 3 aliphatic heterocycles. The van der Waals surface area contributed by atoms with Crippen LogP contribution in [0, 0.1) is 0 Å². The Balaban J connectivity index is 1.83. The van der Waals surface area contributed by atoms with Crippen molar-refractivity contribution >= 4 is 0 Å². The van der Waals surface area contributed by atoms with Crippen LogP contribution < -0.4 is 0 Å². The average molecular weight is 504 g/mol. The van der Waals surface area contributed by atoms with Crippen molar-refractivity contribution in [2.24, 2.45) is 0 Å². The molecule has 0 aromatic rings. The van der Waals surface area contributed by atoms with Gasteiger partial charge in [0.2, 0.25) is 0 Å². The second-order valence-corrected chi connectivity index (χ2v) is 8.33. The van der Waals surface area contributed by atoms with Gasteiger partial charge in [0, 0.05) is 0 Å². The molecule has 3 heterocycles. The molecule has 15 atom stereocenters. The maximum Gasteiger partial charge on any atom is 0.187 e. The minimum absolute atomic E-state index is 0.769. The minimum atomic E-state index is -1.94. The van der Waals surface area contributed by atoms with Gasteiger partial charge in [-0.2, -0.15) is 0 Å². The van der Waals surface area contributed by atoms with Crippen molar-refractivity contribution in [3.05, 3.63) is 0 Å². The van der Waals surface area contributed by atoms with Crippen LogP contribution in [0.25, 0.3) is 0 Å². The van der Waals surface area contributed by atoms with Crippen molar-refractivity contribution in [2.45, 2.75) is 92.1 Å². The van der Waals surface area contributed by atoms with Crippen molar-refractivity contribution in [2.75, 3.05) is 19.8 Å². The summed E-state index contributed by atoms with van der Waals surface area (Å²) in [6, 6.07) is 0. The number of aliphatic hydroxyl groups is 11. The zero-order valence-electron chi connectivity index (χ0n) is 17.7. The van der Waals surface area contributed by atoms with Crippen LogP contribution in [0.5, 0.6) is 0 Å². The third-order valence-electron chi connectivity index (χ3n) is 6.10. The van der Waals surface area contributed by atoms with Gasteiger partial charge in [-0.25, -0.2) is 0 Å². The van der Waals surface area contributed by atoms with E-state index in [1.165, 1.54) is 0 Å². The van der Waals surface area contributed by atoms with Crippen molar-refractivity contribution in [3.8, 4) is 0 Å². The van der Waals surface area contributed by atoms with Crippen LogP contribution in [0.3, 0.4) is 0 Å². The lowest BCUT2D eigenvalue weighted by Crippen LogP contribution is -2.67. The van der Waals surface area contributed by atoms with Crippen molar-refractivity contribution in [1.82, 2.24) is 0 Å². The van der Waals surface area contributed by atoms with E-state index in [0.717, 1.165) is 0 Å². The van der Waals surface area contributed by atoms with Crippen molar-refractivity contribution in [1.29, 1.82) is 0 Å². The van der Waals surface area contributed by atoms with Gasteiger partial charge in [-0.3, -0.25) is 0 Å². The molecule has 3 aliphatic rings. The molecule has 11 N–H and O–H groups in total. The van der Waals surface area contributed by atoms with Gasteiger partial charge < -0.3 is 79.9 Å². The minimum Gasteiger partial charge on any atom is -0.394 e. The van der Waals surface area contributed by atoms with E-state index in [2.05, 4.69) is 0 Å². The molecule has 0 radical (unpaired) electrons. The molecule has 0 aromatic heterocycles. The summed E-state index contributed by atoms with van der Waals surface area (Å²) in [7, 11) is 0. The summed E-state index contributed by atoms with van der Waals surface area (Å²) >= 11 is 0. The summed E-state index contributed by atoms with van der Waals surface area (Å²) in [6.07, 6.45) is -25.6. The van der Waals surface area contributed by atoms with E-state index < -0.39 is 112 Å². The van der Waals surface area contributed by atoms with Gasteiger partial charge >= 0.3 is 0 Å². The van der Waals surface area contributed by atoms with E-state index in [0.29, 0.717) is 0 Å². The first-order valence-corrected chi connectivity index (χ1v) is 10.6. The summed E-state index contributed by atoms with van der Waals surface area (Å²) in [5.74, 6) is 0. The van der Waals surface area contributed by atoms with Crippen LogP contribution >= 0.6 is 0 Å². The molecule has 0 aliphatic carbocycles. The predicted octanol–water partition coefficient (Wildman–Crippen LogP) is -7.57. The Morgan fingerprint density at radius 3 is 1.24 bits per heavy atom. The lowest BCUT2D eigenvalue weighted by molar-refractivity contribution is -0.387. The summed E-state index contributed by atoms with van der Waals surface area (Å²) in [5.41, 5.74) is 0. The SMILES string of the molecule is OC[C@H]1O[C@H](O[C@H]2[C@@H](O[C@H]3O[C@H](CO)[C@@H](O)[C@H](O)[C@H]3O)[C@H](O)[C@@H](CO)O[C@@H]2O)[C@@H](O)[C@@H](O)[C@@H]1O. The second kappa shape index (κ2) is 11.6. The van der Waals surface area contributed by atoms with Crippen LogP contribution in [0.4, 0.5) is 0 Å². The molecule has 0 spiro atoms. The van der Waals surface area contributed by atoms with Crippen LogP contribution in [0.1, 0.15) is 0 Å². The fraction of sp³-hybridized carbons (Fsp3) is 1.00. The standard InChI is InChI=1S/C18H32O16/c19-1-4-7(22)10(25)12(27)17(31-4)33-14-9(24)6(3-21)30-16(29)15(14)34-18-13(28)11(26)8(23)5(2-20)32-18/h4-29H,1-3H2/t4-,5-,6-,7-,8-,9-,10+,11+,12-,13+,14+,15+,16+,17-,18-/m1/s1. The Morgan fingerprint density at radius 2 is 0.824 bits per heavy atom. The normalized spacial score (nSPS) is 52.5. The van der Waals surface area contributed by atoms with Gasteiger partial charge in [0.1, 0.15) is 73.2 Å². The van der Waals surface area contributed by atoms with Crippen molar-refractivity contribution < 1.29 is 79.9 Å². The first kappa shape index (κ1) is 27.9. The fourth-order valence-electron chi connectivity index (χ4n) is 4.03. The van der Waals surface area contributed by atoms with Gasteiger partial charge in [0.15, 0.2) is 18.9 Å². The van der Waals surface area contributed by atoms with Crippen LogP contribution in [0.2, 0.25) is 0 Å². The Morgan fingerprint density at radius 1 is 0.441 bits per heavy atom. The maximum absolute atomic E-state index is 10.6. The molecular formula is C18H32O16. The molecule has 3 rings (SSSR count). The molecule has 34 heavy (non-hydrogen) atoms. The third-order valence-corrected chi connectivity index (χ3v) is 6.10. The highest BCUT2D eigenvalue weighted by atomic mass is 16.8. The van der Waals surface area contributed by atoms with Gasteiger partial charge in [-0.15, -0.1) is 0 Å². The van der Waals surface area contributed by atoms with Gasteiger partial charge in [-0.05, 0) is 0 Å². The van der Waals surface area contributed by atoms with Crippen LogP contribution in [0.15, 0.2) is 0 Å². The predicted molar refractivity (Wildman–Crippen MR) is 101 cm³/mol. The molecule has 0 bridgehead atoms. The quantitative estimate of drug-likeness (QED) is 0.154. The number of aliphatic hydroxyl groups excluding tert-OH is 11. The van der Waals surface area contributed by atoms with Crippen LogP contribution in [-0.2, 0) is 23.7 Å². The topological polar surface area (TPSA) is 269 Å². The van der Waals surface area contributed by atoms with Gasteiger partial charge in [0.25, 0.3) is 0 Å². The lowest BCUT2D eigenvalue weighted by Gasteiger charge is -2.48. The Hall–Kier alpha value is -0.640. The molecule has 0 aromatic carbocycles. The zero-order chi connectivity index (χ0) is 25.3. The summed E-state index contributed by atoms with van der Waals surface area (Å²) in [5, 5.41) is 109. The van der Waals surface area contributed by atoms with Crippen LogP contribution in [-0.4, -0.2) is 168 Å². The highest BCUT2D eigenvalue weighted by Gasteiger charge is 2.53. The summed E-state index contributed by atoms with van der Waals surface area (Å²) in [6.45, 7) is -2.33. The zero-order valence-corrected chi connectivity index (χ0v) is 17.7. The molecule has 200 valence electrons. The molecule has 3 fully saturated rings. The Labute approximate surface area is 192 Å². The van der Waals surface area contributed by atoms with E-state index in [1.807, 2.05) is 0 Å². The fourth-order valence-corrected chi connectivity index (χ4v) is 4.03. The number of hydrogen-bond acceptors (Lipinski definition) is 16. The van der Waals surface area contributed by atoms with Gasteiger partial charge in [0.05, 0.1) is 19.8 Å². The maximum atomic E-state index is 10.6. The number of hydrogen-bond donors (Lipinski definition) is 11. The molecule has 0 unspecified atom stereocenters. The monoisotopic (exact) mass is 504 g/mol. The molecule has 0 amide bonds. The first-order valence-electron chi connectivity index (χ1n) is 10.6. The average Bonchev–Trinajstić information content (AvgIpc) is 2.83. The molecule has 16 heteroatoms. The second-order valence-electron chi connectivity index (χ2n) is 8.33. The van der Waals surface area contributed by atoms with E-state index in [1.54, 1.807) is 0 Å². The van der Waals surface area contributed by atoms with E-state index in [9.17, 15) is 56.2 Å². The first-order chi connectivity index (χ1) is 16.0. The largest absolute Gasteiger partial charge is 0.394 e. The molecule has 16 nitrogen and oxygen atoms in total. The molecule has 3 saturated heterocycles. The summed E-state index contributed by atoms with van der Waals surface area (Å²) in [4.78, 5) is 0. The van der Waals surface area contributed by atoms with Crippen molar-refractivity contribution in [3.63, 3.8) is 0 Å². The molecule has 0 saturated carbocycles. The van der Waals surface area contributed by atoms with E-state index in [-0.39, 0.29) is 0 Å². The lowest BCUT2D eigenvalue weighted by atomic mass is 9.96.